The lowest BCUT2D eigenvalue weighted by Crippen LogP contribution is -2.32. The molecule has 0 spiro atoms. The van der Waals surface area contributed by atoms with Crippen molar-refractivity contribution in [3.05, 3.63) is 66.0 Å². The third kappa shape index (κ3) is 18.3. The van der Waals surface area contributed by atoms with E-state index in [4.69, 9.17) is 0 Å². The highest BCUT2D eigenvalue weighted by molar-refractivity contribution is 5.14. The largest absolute Gasteiger partial charge is 0.205 e. The van der Waals surface area contributed by atoms with Crippen molar-refractivity contribution in [2.24, 2.45) is 0 Å². The minimum atomic E-state index is 1.16. The summed E-state index contributed by atoms with van der Waals surface area (Å²) >= 11 is 0. The van der Waals surface area contributed by atoms with Crippen LogP contribution in [0.2, 0.25) is 0 Å². The second-order valence-electron chi connectivity index (χ2n) is 11.5. The van der Waals surface area contributed by atoms with E-state index in [0.717, 1.165) is 6.54 Å². The lowest BCUT2D eigenvalue weighted by atomic mass is 10.0. The van der Waals surface area contributed by atoms with Crippen LogP contribution in [0.1, 0.15) is 153 Å². The average molecular weight is 507 g/mol. The number of hydrogen-bond acceptors (Lipinski definition) is 0. The third-order valence-electron chi connectivity index (χ3n) is 8.00. The first-order valence-electron chi connectivity index (χ1n) is 16.4. The predicted octanol–water partition coefficient (Wildman–Crippen LogP) is 11.0. The van der Waals surface area contributed by atoms with E-state index in [0.29, 0.717) is 0 Å². The van der Waals surface area contributed by atoms with Gasteiger partial charge in [0.15, 0.2) is 12.4 Å². The molecule has 1 aromatic heterocycles. The van der Waals surface area contributed by atoms with Gasteiger partial charge in [-0.05, 0) is 43.2 Å². The summed E-state index contributed by atoms with van der Waals surface area (Å²) < 4.78 is 2.37. The predicted molar refractivity (Wildman–Crippen MR) is 163 cm³/mol. The zero-order chi connectivity index (χ0) is 26.1. The Morgan fingerprint density at radius 1 is 0.405 bits per heavy atom. The first-order chi connectivity index (χ1) is 18.4. The molecule has 1 nitrogen and oxygen atoms in total. The summed E-state index contributed by atoms with van der Waals surface area (Å²) in [5.74, 6) is 0. The summed E-state index contributed by atoms with van der Waals surface area (Å²) in [6.07, 6.45) is 36.9. The van der Waals surface area contributed by atoms with Gasteiger partial charge in [-0.3, -0.25) is 0 Å². The summed E-state index contributed by atoms with van der Waals surface area (Å²) in [6.45, 7) is 3.46. The van der Waals surface area contributed by atoms with Crippen molar-refractivity contribution in [1.29, 1.82) is 0 Å². The average Bonchev–Trinajstić information content (AvgIpc) is 2.93. The fourth-order valence-corrected chi connectivity index (χ4v) is 5.48. The maximum Gasteiger partial charge on any atom is 0.169 e. The lowest BCUT2D eigenvalue weighted by Gasteiger charge is -2.04. The van der Waals surface area contributed by atoms with Crippen LogP contribution >= 0.6 is 0 Å². The first-order valence-corrected chi connectivity index (χ1v) is 16.4. The van der Waals surface area contributed by atoms with E-state index < -0.39 is 0 Å². The molecule has 0 aliphatic heterocycles. The number of hydrogen-bond donors (Lipinski definition) is 0. The molecule has 0 saturated heterocycles. The molecule has 0 N–H and O–H groups in total. The Labute approximate surface area is 231 Å². The van der Waals surface area contributed by atoms with Gasteiger partial charge in [-0.2, -0.15) is 0 Å². The quantitative estimate of drug-likeness (QED) is 0.0931. The number of aromatic nitrogens is 1. The molecule has 0 aliphatic carbocycles. The maximum absolute atomic E-state index is 2.37. The van der Waals surface area contributed by atoms with E-state index in [1.165, 1.54) is 159 Å². The smallest absolute Gasteiger partial charge is 0.169 e. The van der Waals surface area contributed by atoms with Gasteiger partial charge >= 0.3 is 0 Å². The van der Waals surface area contributed by atoms with Gasteiger partial charge in [0.05, 0.1) is 0 Å². The molecule has 0 unspecified atom stereocenters. The first kappa shape index (κ1) is 31.6. The van der Waals surface area contributed by atoms with E-state index in [-0.39, 0.29) is 0 Å². The van der Waals surface area contributed by atoms with Crippen LogP contribution in [0.25, 0.3) is 0 Å². The zero-order valence-electron chi connectivity index (χ0n) is 24.6. The maximum atomic E-state index is 2.37. The molecular weight excluding hydrogens is 446 g/mol. The monoisotopic (exact) mass is 506 g/mol. The second kappa shape index (κ2) is 23.5. The van der Waals surface area contributed by atoms with Crippen LogP contribution in [0, 0.1) is 0 Å². The fraction of sp³-hybridized carbons (Fsp3) is 0.694. The van der Waals surface area contributed by atoms with E-state index >= 15 is 0 Å². The van der Waals surface area contributed by atoms with Gasteiger partial charge in [0, 0.05) is 18.6 Å². The van der Waals surface area contributed by atoms with Gasteiger partial charge in [-0.1, -0.05) is 146 Å². The highest BCUT2D eigenvalue weighted by Crippen LogP contribution is 2.15. The van der Waals surface area contributed by atoms with Crippen LogP contribution in [0.5, 0.6) is 0 Å². The van der Waals surface area contributed by atoms with Gasteiger partial charge in [0.2, 0.25) is 0 Å². The standard InChI is InChI=1S/C36H60N/c1-2-3-4-5-6-7-8-9-10-11-12-13-14-15-16-17-21-29-36-30-33-37(34-31-36)32-25-19-18-22-26-35-27-23-20-24-28-35/h20,23-24,27-28,30-31,33-34H,2-19,21-22,25-26,29,32H2,1H3/q+1. The molecule has 208 valence electrons. The molecule has 1 heteroatoms. The Morgan fingerprint density at radius 2 is 0.784 bits per heavy atom. The molecular formula is C36H60N+. The van der Waals surface area contributed by atoms with Gasteiger partial charge < -0.3 is 0 Å². The molecule has 2 aromatic rings. The molecule has 0 amide bonds. The van der Waals surface area contributed by atoms with Crippen molar-refractivity contribution >= 4 is 0 Å². The molecule has 0 bridgehead atoms. The van der Waals surface area contributed by atoms with Crippen molar-refractivity contribution in [1.82, 2.24) is 0 Å². The van der Waals surface area contributed by atoms with Crippen molar-refractivity contribution in [3.63, 3.8) is 0 Å². The second-order valence-corrected chi connectivity index (χ2v) is 11.5. The highest BCUT2D eigenvalue weighted by atomic mass is 14.9. The number of rotatable bonds is 25. The van der Waals surface area contributed by atoms with Crippen LogP contribution in [0.4, 0.5) is 0 Å². The van der Waals surface area contributed by atoms with Crippen LogP contribution in [0.3, 0.4) is 0 Å². The van der Waals surface area contributed by atoms with E-state index in [1.807, 2.05) is 0 Å². The van der Waals surface area contributed by atoms with Gasteiger partial charge in [0.1, 0.15) is 6.54 Å². The number of aryl methyl sites for hydroxylation is 3. The molecule has 2 rings (SSSR count). The topological polar surface area (TPSA) is 3.88 Å². The van der Waals surface area contributed by atoms with Gasteiger partial charge in [0.25, 0.3) is 0 Å². The summed E-state index contributed by atoms with van der Waals surface area (Å²) in [7, 11) is 0. The van der Waals surface area contributed by atoms with Crippen LogP contribution in [-0.4, -0.2) is 0 Å². The summed E-state index contributed by atoms with van der Waals surface area (Å²) in [4.78, 5) is 0. The molecule has 1 aromatic carbocycles. The van der Waals surface area contributed by atoms with E-state index in [9.17, 15) is 0 Å². The van der Waals surface area contributed by atoms with Crippen LogP contribution in [0.15, 0.2) is 54.9 Å². The van der Waals surface area contributed by atoms with E-state index in [2.05, 4.69) is 66.3 Å². The Bertz CT molecular complexity index is 720. The Hall–Kier alpha value is -1.63. The van der Waals surface area contributed by atoms with Crippen molar-refractivity contribution < 1.29 is 4.57 Å². The molecule has 0 aliphatic rings. The van der Waals surface area contributed by atoms with Gasteiger partial charge in [-0.25, -0.2) is 4.57 Å². The molecule has 0 fully saturated rings. The SMILES string of the molecule is CCCCCCCCCCCCCCCCCCCc1cc[n+](CCCCCCc2ccccc2)cc1. The zero-order valence-corrected chi connectivity index (χ0v) is 24.6. The molecule has 37 heavy (non-hydrogen) atoms. The number of benzene rings is 1. The minimum absolute atomic E-state index is 1.16. The number of nitrogens with zero attached hydrogens (tertiary/aromatic N) is 1. The molecule has 0 atom stereocenters. The van der Waals surface area contributed by atoms with Crippen LogP contribution in [-0.2, 0) is 19.4 Å². The lowest BCUT2D eigenvalue weighted by molar-refractivity contribution is -0.697. The highest BCUT2D eigenvalue weighted by Gasteiger charge is 2.02. The molecule has 1 heterocycles. The van der Waals surface area contributed by atoms with Crippen molar-refractivity contribution in [2.75, 3.05) is 0 Å². The van der Waals surface area contributed by atoms with Crippen molar-refractivity contribution in [3.8, 4) is 0 Å². The number of pyridine rings is 1. The summed E-state index contributed by atoms with van der Waals surface area (Å²) in [5.41, 5.74) is 2.99. The number of unbranched alkanes of at least 4 members (excludes halogenated alkanes) is 19. The fourth-order valence-electron chi connectivity index (χ4n) is 5.48. The van der Waals surface area contributed by atoms with Crippen LogP contribution < -0.4 is 4.57 Å². The molecule has 0 saturated carbocycles. The van der Waals surface area contributed by atoms with Gasteiger partial charge in [-0.15, -0.1) is 0 Å². The summed E-state index contributed by atoms with van der Waals surface area (Å²) in [5, 5.41) is 0. The van der Waals surface area contributed by atoms with E-state index in [1.54, 1.807) is 0 Å². The third-order valence-corrected chi connectivity index (χ3v) is 8.00. The Morgan fingerprint density at radius 3 is 1.24 bits per heavy atom. The minimum Gasteiger partial charge on any atom is -0.205 e. The molecule has 0 radical (unpaired) electrons. The summed E-state index contributed by atoms with van der Waals surface area (Å²) in [6, 6.07) is 15.6. The van der Waals surface area contributed by atoms with Crippen molar-refractivity contribution in [2.45, 2.75) is 161 Å². The Kier molecular flexibility index (Phi) is 20.0. The normalized spacial score (nSPS) is 11.3. The Balaban J connectivity index is 1.32.